The number of benzene rings is 2. The van der Waals surface area contributed by atoms with Crippen molar-refractivity contribution in [3.63, 3.8) is 0 Å². The summed E-state index contributed by atoms with van der Waals surface area (Å²) in [5, 5.41) is 5.19. The molecule has 18 heavy (non-hydrogen) atoms. The van der Waals surface area contributed by atoms with Crippen molar-refractivity contribution in [3.8, 4) is 0 Å². The summed E-state index contributed by atoms with van der Waals surface area (Å²) in [6.07, 6.45) is 1.15. The van der Waals surface area contributed by atoms with Crippen molar-refractivity contribution in [3.05, 3.63) is 42.0 Å². The fourth-order valence-corrected chi connectivity index (χ4v) is 2.09. The van der Waals surface area contributed by atoms with Gasteiger partial charge >= 0.3 is 0 Å². The van der Waals surface area contributed by atoms with Crippen LogP contribution in [0.4, 0.5) is 5.69 Å². The zero-order chi connectivity index (χ0) is 13.1. The van der Waals surface area contributed by atoms with Crippen molar-refractivity contribution in [1.29, 1.82) is 0 Å². The molecule has 0 bridgehead atoms. The molecule has 1 unspecified atom stereocenters. The topological polar surface area (TPSA) is 29.1 Å². The van der Waals surface area contributed by atoms with E-state index < -0.39 is 0 Å². The third-order valence-corrected chi connectivity index (χ3v) is 3.37. The van der Waals surface area contributed by atoms with Crippen molar-refractivity contribution < 1.29 is 4.79 Å². The van der Waals surface area contributed by atoms with E-state index in [-0.39, 0.29) is 5.91 Å². The minimum absolute atomic E-state index is 0.0365. The Kier molecular flexibility index (Phi) is 3.66. The standard InChI is InChI=1S/C16H19NO/c1-4-11(2)13-5-6-15-10-16(17-12(3)18)8-7-14(15)9-13/h5-11H,4H2,1-3H3,(H,17,18). The monoisotopic (exact) mass is 241 g/mol. The quantitative estimate of drug-likeness (QED) is 0.852. The van der Waals surface area contributed by atoms with Gasteiger partial charge in [-0.3, -0.25) is 4.79 Å². The Morgan fingerprint density at radius 1 is 1.17 bits per heavy atom. The molecule has 1 amide bonds. The lowest BCUT2D eigenvalue weighted by atomic mass is 9.96. The number of anilines is 1. The van der Waals surface area contributed by atoms with Gasteiger partial charge in [-0.1, -0.05) is 38.1 Å². The summed E-state index contributed by atoms with van der Waals surface area (Å²) in [6.45, 7) is 5.97. The zero-order valence-electron chi connectivity index (χ0n) is 11.2. The van der Waals surface area contributed by atoms with Crippen LogP contribution in [0.5, 0.6) is 0 Å². The van der Waals surface area contributed by atoms with Gasteiger partial charge in [0.05, 0.1) is 0 Å². The van der Waals surface area contributed by atoms with E-state index in [9.17, 15) is 4.79 Å². The SMILES string of the molecule is CCC(C)c1ccc2cc(NC(C)=O)ccc2c1. The van der Waals surface area contributed by atoms with Crippen LogP contribution >= 0.6 is 0 Å². The minimum atomic E-state index is -0.0365. The maximum Gasteiger partial charge on any atom is 0.221 e. The van der Waals surface area contributed by atoms with E-state index in [1.807, 2.05) is 12.1 Å². The number of hydrogen-bond acceptors (Lipinski definition) is 1. The Labute approximate surface area is 108 Å². The predicted octanol–water partition coefficient (Wildman–Crippen LogP) is 4.31. The number of nitrogens with one attached hydrogen (secondary N) is 1. The van der Waals surface area contributed by atoms with Crippen LogP contribution in [0, 0.1) is 0 Å². The average molecular weight is 241 g/mol. The molecule has 0 aliphatic rings. The van der Waals surface area contributed by atoms with Crippen LogP contribution in [0.25, 0.3) is 10.8 Å². The summed E-state index contributed by atoms with van der Waals surface area (Å²) < 4.78 is 0. The second kappa shape index (κ2) is 5.21. The minimum Gasteiger partial charge on any atom is -0.326 e. The van der Waals surface area contributed by atoms with Gasteiger partial charge in [0, 0.05) is 12.6 Å². The van der Waals surface area contributed by atoms with Crippen molar-refractivity contribution in [2.45, 2.75) is 33.1 Å². The van der Waals surface area contributed by atoms with Gasteiger partial charge in [0.2, 0.25) is 5.91 Å². The van der Waals surface area contributed by atoms with Crippen molar-refractivity contribution in [2.24, 2.45) is 0 Å². The number of hydrogen-bond donors (Lipinski definition) is 1. The van der Waals surface area contributed by atoms with Gasteiger partial charge in [-0.15, -0.1) is 0 Å². The van der Waals surface area contributed by atoms with Gasteiger partial charge < -0.3 is 5.32 Å². The highest BCUT2D eigenvalue weighted by molar-refractivity contribution is 5.93. The molecule has 0 aromatic heterocycles. The van der Waals surface area contributed by atoms with Crippen LogP contribution in [-0.2, 0) is 4.79 Å². The van der Waals surface area contributed by atoms with Gasteiger partial charge in [-0.05, 0) is 40.8 Å². The maximum atomic E-state index is 11.0. The molecule has 0 saturated heterocycles. The molecule has 0 aliphatic carbocycles. The van der Waals surface area contributed by atoms with Crippen molar-refractivity contribution in [1.82, 2.24) is 0 Å². The largest absolute Gasteiger partial charge is 0.326 e. The average Bonchev–Trinajstić information content (AvgIpc) is 2.36. The first-order valence-corrected chi connectivity index (χ1v) is 6.41. The molecule has 2 heteroatoms. The molecule has 0 spiro atoms. The number of carbonyl (C=O) groups is 1. The Morgan fingerprint density at radius 2 is 1.83 bits per heavy atom. The van der Waals surface area contributed by atoms with E-state index >= 15 is 0 Å². The van der Waals surface area contributed by atoms with Crippen LogP contribution in [0.2, 0.25) is 0 Å². The molecule has 2 rings (SSSR count). The van der Waals surface area contributed by atoms with Crippen molar-refractivity contribution in [2.75, 3.05) is 5.32 Å². The molecular formula is C16H19NO. The summed E-state index contributed by atoms with van der Waals surface area (Å²) in [7, 11) is 0. The van der Waals surface area contributed by atoms with E-state index in [0.717, 1.165) is 17.5 Å². The summed E-state index contributed by atoms with van der Waals surface area (Å²) in [4.78, 5) is 11.0. The Morgan fingerprint density at radius 3 is 2.50 bits per heavy atom. The summed E-state index contributed by atoms with van der Waals surface area (Å²) in [6, 6.07) is 12.6. The first-order valence-electron chi connectivity index (χ1n) is 6.41. The van der Waals surface area contributed by atoms with Crippen LogP contribution in [0.3, 0.4) is 0 Å². The molecule has 0 radical (unpaired) electrons. The lowest BCUT2D eigenvalue weighted by Crippen LogP contribution is -2.05. The Hall–Kier alpha value is -1.83. The summed E-state index contributed by atoms with van der Waals surface area (Å²) in [5.41, 5.74) is 2.23. The molecule has 2 aromatic carbocycles. The van der Waals surface area contributed by atoms with Crippen LogP contribution < -0.4 is 5.32 Å². The maximum absolute atomic E-state index is 11.0. The number of amides is 1. The number of rotatable bonds is 3. The molecular weight excluding hydrogens is 222 g/mol. The fourth-order valence-electron chi connectivity index (χ4n) is 2.09. The van der Waals surface area contributed by atoms with Gasteiger partial charge in [-0.2, -0.15) is 0 Å². The highest BCUT2D eigenvalue weighted by Gasteiger charge is 2.04. The molecule has 0 heterocycles. The summed E-state index contributed by atoms with van der Waals surface area (Å²) in [5.74, 6) is 0.551. The Balaban J connectivity index is 2.38. The third kappa shape index (κ3) is 2.70. The van der Waals surface area contributed by atoms with Gasteiger partial charge in [0.15, 0.2) is 0 Å². The van der Waals surface area contributed by atoms with E-state index in [1.54, 1.807) is 0 Å². The van der Waals surface area contributed by atoms with E-state index in [2.05, 4.69) is 43.4 Å². The molecule has 1 N–H and O–H groups in total. The van der Waals surface area contributed by atoms with Crippen molar-refractivity contribution >= 4 is 22.4 Å². The molecule has 0 fully saturated rings. The summed E-state index contributed by atoms with van der Waals surface area (Å²) >= 11 is 0. The number of fused-ring (bicyclic) bond motifs is 1. The third-order valence-electron chi connectivity index (χ3n) is 3.37. The zero-order valence-corrected chi connectivity index (χ0v) is 11.2. The molecule has 0 aliphatic heterocycles. The Bertz CT molecular complexity index is 574. The second-order valence-corrected chi connectivity index (χ2v) is 4.81. The normalized spacial score (nSPS) is 12.4. The van der Waals surface area contributed by atoms with Crippen LogP contribution in [-0.4, -0.2) is 5.91 Å². The predicted molar refractivity (Wildman–Crippen MR) is 77.0 cm³/mol. The van der Waals surface area contributed by atoms with Gasteiger partial charge in [-0.25, -0.2) is 0 Å². The highest BCUT2D eigenvalue weighted by Crippen LogP contribution is 2.25. The number of carbonyl (C=O) groups excluding carboxylic acids is 1. The van der Waals surface area contributed by atoms with E-state index in [4.69, 9.17) is 0 Å². The second-order valence-electron chi connectivity index (χ2n) is 4.81. The first-order chi connectivity index (χ1) is 8.60. The lowest BCUT2D eigenvalue weighted by Gasteiger charge is -2.11. The van der Waals surface area contributed by atoms with Gasteiger partial charge in [0.1, 0.15) is 0 Å². The van der Waals surface area contributed by atoms with Crippen LogP contribution in [0.1, 0.15) is 38.7 Å². The van der Waals surface area contributed by atoms with Gasteiger partial charge in [0.25, 0.3) is 0 Å². The molecule has 94 valence electrons. The highest BCUT2D eigenvalue weighted by atomic mass is 16.1. The van der Waals surface area contributed by atoms with E-state index in [1.165, 1.54) is 17.9 Å². The fraction of sp³-hybridized carbons (Fsp3) is 0.312. The smallest absolute Gasteiger partial charge is 0.221 e. The molecule has 0 saturated carbocycles. The van der Waals surface area contributed by atoms with E-state index in [0.29, 0.717) is 5.92 Å². The lowest BCUT2D eigenvalue weighted by molar-refractivity contribution is -0.114. The molecule has 2 nitrogen and oxygen atoms in total. The van der Waals surface area contributed by atoms with Crippen LogP contribution in [0.15, 0.2) is 36.4 Å². The molecule has 1 atom stereocenters. The molecule has 2 aromatic rings. The first kappa shape index (κ1) is 12.6.